The topological polar surface area (TPSA) is 49.9 Å². The van der Waals surface area contributed by atoms with Crippen LogP contribution in [0.2, 0.25) is 0 Å². The number of benzene rings is 2. The molecule has 0 N–H and O–H groups in total. The van der Waals surface area contributed by atoms with Crippen LogP contribution in [0.25, 0.3) is 0 Å². The molecule has 1 aliphatic carbocycles. The molecule has 0 aromatic heterocycles. The van der Waals surface area contributed by atoms with Crippen molar-refractivity contribution >= 4 is 11.8 Å². The smallest absolute Gasteiger partial charge is 0.257 e. The average Bonchev–Trinajstić information content (AvgIpc) is 2.78. The molecule has 0 bridgehead atoms. The van der Waals surface area contributed by atoms with Crippen molar-refractivity contribution in [3.05, 3.63) is 65.5 Å². The number of para-hydroxylation sites is 1. The molecule has 1 saturated carbocycles. The van der Waals surface area contributed by atoms with E-state index < -0.39 is 5.82 Å². The lowest BCUT2D eigenvalue weighted by molar-refractivity contribution is 0.0261. The van der Waals surface area contributed by atoms with Gasteiger partial charge in [0.2, 0.25) is 0 Å². The average molecular weight is 425 g/mol. The number of rotatable bonds is 1. The van der Waals surface area contributed by atoms with Gasteiger partial charge in [-0.3, -0.25) is 9.59 Å². The van der Waals surface area contributed by atoms with Crippen LogP contribution >= 0.6 is 0 Å². The maximum atomic E-state index is 13.8. The normalized spacial score (nSPS) is 22.5. The van der Waals surface area contributed by atoms with Crippen LogP contribution in [-0.2, 0) is 0 Å². The van der Waals surface area contributed by atoms with Crippen molar-refractivity contribution in [2.24, 2.45) is 0 Å². The Kier molecular flexibility index (Phi) is 6.54. The highest BCUT2D eigenvalue weighted by Crippen LogP contribution is 2.31. The first kappa shape index (κ1) is 21.3. The zero-order chi connectivity index (χ0) is 21.8. The number of amides is 2. The summed E-state index contributed by atoms with van der Waals surface area (Å²) in [7, 11) is 1.80. The summed E-state index contributed by atoms with van der Waals surface area (Å²) >= 11 is 0. The molecule has 2 amide bonds. The second-order valence-electron chi connectivity index (χ2n) is 8.45. The van der Waals surface area contributed by atoms with E-state index in [1.54, 1.807) is 30.1 Å². The number of nitrogens with zero attached hydrogens (tertiary/aromatic N) is 2. The summed E-state index contributed by atoms with van der Waals surface area (Å²) in [4.78, 5) is 30.0. The summed E-state index contributed by atoms with van der Waals surface area (Å²) in [5, 5.41) is 0. The summed E-state index contributed by atoms with van der Waals surface area (Å²) in [6.07, 6.45) is 5.03. The standard InChI is InChI=1S/C25H29FN2O3/c1-27-15-6-7-16-28(24(29)18-9-8-10-19(26)17-18)21-12-3-5-14-23(21)31-22-13-4-2-11-20(22)25(27)30/h2,4,8-11,13,17,21,23H,3,5-7,12,14-16H2,1H3/t21-,23+/m1/s1. The van der Waals surface area contributed by atoms with Gasteiger partial charge in [-0.15, -0.1) is 0 Å². The van der Waals surface area contributed by atoms with Gasteiger partial charge in [-0.2, -0.15) is 0 Å². The summed E-state index contributed by atoms with van der Waals surface area (Å²) in [6, 6.07) is 13.1. The SMILES string of the molecule is CN1CCCCN(C(=O)c2cccc(F)c2)[C@@H]2CCCC[C@@H]2Oc2ccccc2C1=O. The number of hydrogen-bond donors (Lipinski definition) is 0. The molecule has 2 atom stereocenters. The van der Waals surface area contributed by atoms with Crippen molar-refractivity contribution < 1.29 is 18.7 Å². The largest absolute Gasteiger partial charge is 0.487 e. The van der Waals surface area contributed by atoms with Crippen LogP contribution in [0.4, 0.5) is 4.39 Å². The Morgan fingerprint density at radius 3 is 2.61 bits per heavy atom. The number of carbonyl (C=O) groups excluding carboxylic acids is 2. The highest BCUT2D eigenvalue weighted by atomic mass is 19.1. The summed E-state index contributed by atoms with van der Waals surface area (Å²) < 4.78 is 20.2. The van der Waals surface area contributed by atoms with Gasteiger partial charge in [0.25, 0.3) is 11.8 Å². The van der Waals surface area contributed by atoms with Gasteiger partial charge in [-0.1, -0.05) is 24.6 Å². The van der Waals surface area contributed by atoms with Gasteiger partial charge in [0.05, 0.1) is 11.6 Å². The first-order chi connectivity index (χ1) is 15.0. The Morgan fingerprint density at radius 2 is 1.77 bits per heavy atom. The Morgan fingerprint density at radius 1 is 1.00 bits per heavy atom. The minimum Gasteiger partial charge on any atom is -0.487 e. The minimum atomic E-state index is -0.411. The highest BCUT2D eigenvalue weighted by Gasteiger charge is 2.35. The van der Waals surface area contributed by atoms with E-state index in [-0.39, 0.29) is 24.0 Å². The van der Waals surface area contributed by atoms with E-state index in [2.05, 4.69) is 0 Å². The van der Waals surface area contributed by atoms with Crippen LogP contribution < -0.4 is 4.74 Å². The van der Waals surface area contributed by atoms with E-state index in [1.165, 1.54) is 12.1 Å². The van der Waals surface area contributed by atoms with Gasteiger partial charge in [0.1, 0.15) is 17.7 Å². The Labute approximate surface area is 182 Å². The fraction of sp³-hybridized carbons (Fsp3) is 0.440. The lowest BCUT2D eigenvalue weighted by Gasteiger charge is -2.40. The van der Waals surface area contributed by atoms with Crippen molar-refractivity contribution in [1.82, 2.24) is 9.80 Å². The van der Waals surface area contributed by atoms with Crippen LogP contribution in [0.1, 0.15) is 59.2 Å². The van der Waals surface area contributed by atoms with E-state index in [4.69, 9.17) is 4.74 Å². The molecule has 0 radical (unpaired) electrons. The second-order valence-corrected chi connectivity index (χ2v) is 8.45. The summed E-state index contributed by atoms with van der Waals surface area (Å²) in [6.45, 7) is 1.16. The second kappa shape index (κ2) is 9.50. The molecule has 164 valence electrons. The number of fused-ring (bicyclic) bond motifs is 2. The third-order valence-corrected chi connectivity index (χ3v) is 6.29. The van der Waals surface area contributed by atoms with E-state index in [1.807, 2.05) is 23.1 Å². The van der Waals surface area contributed by atoms with Crippen molar-refractivity contribution in [2.75, 3.05) is 20.1 Å². The zero-order valence-corrected chi connectivity index (χ0v) is 17.9. The molecule has 1 heterocycles. The number of ether oxygens (including phenoxy) is 1. The van der Waals surface area contributed by atoms with Gasteiger partial charge in [0, 0.05) is 25.7 Å². The summed E-state index contributed by atoms with van der Waals surface area (Å²) in [5.74, 6) is -0.0494. The minimum absolute atomic E-state index is 0.0452. The number of hydrogen-bond acceptors (Lipinski definition) is 3. The van der Waals surface area contributed by atoms with Crippen LogP contribution in [0.15, 0.2) is 48.5 Å². The predicted molar refractivity (Wildman–Crippen MR) is 117 cm³/mol. The van der Waals surface area contributed by atoms with Gasteiger partial charge < -0.3 is 14.5 Å². The van der Waals surface area contributed by atoms with Crippen LogP contribution in [-0.4, -0.2) is 53.9 Å². The van der Waals surface area contributed by atoms with Crippen LogP contribution in [0.5, 0.6) is 5.75 Å². The summed E-state index contributed by atoms with van der Waals surface area (Å²) in [5.41, 5.74) is 0.919. The lowest BCUT2D eigenvalue weighted by Crippen LogP contribution is -2.51. The molecule has 2 aromatic rings. The third kappa shape index (κ3) is 4.73. The number of carbonyl (C=O) groups is 2. The van der Waals surface area contributed by atoms with Crippen molar-refractivity contribution in [2.45, 2.75) is 50.7 Å². The van der Waals surface area contributed by atoms with Gasteiger partial charge in [-0.25, -0.2) is 4.39 Å². The van der Waals surface area contributed by atoms with Gasteiger partial charge in [-0.05, 0) is 62.4 Å². The quantitative estimate of drug-likeness (QED) is 0.676. The maximum absolute atomic E-state index is 13.8. The fourth-order valence-electron chi connectivity index (χ4n) is 4.62. The number of halogens is 1. The Balaban J connectivity index is 1.69. The molecule has 6 heteroatoms. The molecule has 1 aliphatic heterocycles. The van der Waals surface area contributed by atoms with Gasteiger partial charge in [0.15, 0.2) is 0 Å². The highest BCUT2D eigenvalue weighted by molar-refractivity contribution is 5.97. The van der Waals surface area contributed by atoms with Gasteiger partial charge >= 0.3 is 0 Å². The third-order valence-electron chi connectivity index (χ3n) is 6.29. The molecule has 0 unspecified atom stereocenters. The Hall–Kier alpha value is -2.89. The Bertz CT molecular complexity index is 948. The molecule has 0 spiro atoms. The molecule has 0 saturated heterocycles. The molecular weight excluding hydrogens is 395 g/mol. The first-order valence-corrected chi connectivity index (χ1v) is 11.1. The molecule has 4 rings (SSSR count). The van der Waals surface area contributed by atoms with Crippen molar-refractivity contribution in [1.29, 1.82) is 0 Å². The fourth-order valence-corrected chi connectivity index (χ4v) is 4.62. The lowest BCUT2D eigenvalue weighted by atomic mass is 9.90. The van der Waals surface area contributed by atoms with Crippen LogP contribution in [0.3, 0.4) is 0 Å². The van der Waals surface area contributed by atoms with Crippen molar-refractivity contribution in [3.63, 3.8) is 0 Å². The van der Waals surface area contributed by atoms with E-state index in [0.29, 0.717) is 30.0 Å². The molecule has 2 aromatic carbocycles. The molecule has 5 nitrogen and oxygen atoms in total. The van der Waals surface area contributed by atoms with E-state index in [0.717, 1.165) is 38.5 Å². The molecule has 31 heavy (non-hydrogen) atoms. The molecular formula is C25H29FN2O3. The van der Waals surface area contributed by atoms with E-state index in [9.17, 15) is 14.0 Å². The van der Waals surface area contributed by atoms with Crippen molar-refractivity contribution in [3.8, 4) is 5.75 Å². The predicted octanol–water partition coefficient (Wildman–Crippen LogP) is 4.52. The van der Waals surface area contributed by atoms with Crippen LogP contribution in [0, 0.1) is 5.82 Å². The zero-order valence-electron chi connectivity index (χ0n) is 17.9. The molecule has 2 aliphatic rings. The maximum Gasteiger partial charge on any atom is 0.257 e. The first-order valence-electron chi connectivity index (χ1n) is 11.1. The van der Waals surface area contributed by atoms with E-state index >= 15 is 0 Å². The monoisotopic (exact) mass is 424 g/mol. The molecule has 1 fully saturated rings.